The molecule has 0 radical (unpaired) electrons. The quantitative estimate of drug-likeness (QED) is 0.846. The van der Waals surface area contributed by atoms with Crippen LogP contribution in [-0.4, -0.2) is 26.7 Å². The predicted octanol–water partition coefficient (Wildman–Crippen LogP) is 2.05. The lowest BCUT2D eigenvalue weighted by atomic mass is 10.2. The van der Waals surface area contributed by atoms with Gasteiger partial charge >= 0.3 is 6.03 Å². The van der Waals surface area contributed by atoms with Gasteiger partial charge in [0.1, 0.15) is 0 Å². The van der Waals surface area contributed by atoms with Gasteiger partial charge in [-0.3, -0.25) is 4.90 Å². The van der Waals surface area contributed by atoms with Crippen LogP contribution >= 0.6 is 0 Å². The first-order valence-electron chi connectivity index (χ1n) is 5.40. The van der Waals surface area contributed by atoms with Gasteiger partial charge in [-0.05, 0) is 30.7 Å². The lowest BCUT2D eigenvalue weighted by Gasteiger charge is -2.21. The highest BCUT2D eigenvalue weighted by atomic mass is 16.2. The summed E-state index contributed by atoms with van der Waals surface area (Å²) in [6, 6.07) is 7.37. The number of amides is 2. The molecule has 88 valence electrons. The van der Waals surface area contributed by atoms with E-state index in [4.69, 9.17) is 5.73 Å². The monoisotopic (exact) mass is 221 g/mol. The molecule has 0 aliphatic rings. The summed E-state index contributed by atoms with van der Waals surface area (Å²) in [5.41, 5.74) is 7.28. The smallest absolute Gasteiger partial charge is 0.319 e. The summed E-state index contributed by atoms with van der Waals surface area (Å²) in [4.78, 5) is 14.8. The topological polar surface area (TPSA) is 49.6 Å². The normalized spacial score (nSPS) is 9.94. The number of nitrogens with zero attached hydrogens (tertiary/aromatic N) is 2. The van der Waals surface area contributed by atoms with Crippen molar-refractivity contribution in [2.75, 3.05) is 30.4 Å². The van der Waals surface area contributed by atoms with E-state index in [1.165, 1.54) is 0 Å². The first kappa shape index (κ1) is 12.4. The Kier molecular flexibility index (Phi) is 4.17. The van der Waals surface area contributed by atoms with Crippen LogP contribution in [0.1, 0.15) is 13.3 Å². The van der Waals surface area contributed by atoms with Gasteiger partial charge in [0, 0.05) is 32.0 Å². The number of carbonyl (C=O) groups is 1. The van der Waals surface area contributed by atoms with Crippen molar-refractivity contribution in [2.24, 2.45) is 5.73 Å². The molecule has 0 aliphatic heterocycles. The predicted molar refractivity (Wildman–Crippen MR) is 68.0 cm³/mol. The molecule has 1 rings (SSSR count). The van der Waals surface area contributed by atoms with E-state index in [-0.39, 0.29) is 0 Å². The lowest BCUT2D eigenvalue weighted by molar-refractivity contribution is 0.254. The highest BCUT2D eigenvalue weighted by molar-refractivity contribution is 5.90. The van der Waals surface area contributed by atoms with Gasteiger partial charge in [0.05, 0.1) is 0 Å². The summed E-state index contributed by atoms with van der Waals surface area (Å²) in [6.45, 7) is 2.67. The number of benzene rings is 1. The van der Waals surface area contributed by atoms with Crippen LogP contribution in [0.15, 0.2) is 24.3 Å². The Balaban J connectivity index is 2.89. The molecule has 4 nitrogen and oxygen atoms in total. The zero-order valence-electron chi connectivity index (χ0n) is 10.1. The molecule has 0 atom stereocenters. The molecule has 1 aromatic rings. The van der Waals surface area contributed by atoms with Crippen molar-refractivity contribution in [3.8, 4) is 0 Å². The third-order valence-electron chi connectivity index (χ3n) is 2.39. The largest absolute Gasteiger partial charge is 0.378 e. The minimum Gasteiger partial charge on any atom is -0.378 e. The van der Waals surface area contributed by atoms with E-state index < -0.39 is 6.03 Å². The Morgan fingerprint density at radius 3 is 2.06 bits per heavy atom. The van der Waals surface area contributed by atoms with E-state index in [1.807, 2.05) is 50.2 Å². The fourth-order valence-corrected chi connectivity index (χ4v) is 1.52. The van der Waals surface area contributed by atoms with E-state index in [0.29, 0.717) is 6.54 Å². The molecule has 4 heteroatoms. The molecule has 0 aliphatic carbocycles. The Hall–Kier alpha value is -1.71. The number of nitrogens with two attached hydrogens (primary N) is 1. The van der Waals surface area contributed by atoms with Crippen molar-refractivity contribution in [1.82, 2.24) is 0 Å². The van der Waals surface area contributed by atoms with Crippen LogP contribution in [0.25, 0.3) is 0 Å². The minimum atomic E-state index is -0.403. The summed E-state index contributed by atoms with van der Waals surface area (Å²) in [6.07, 6.45) is 0.887. The Morgan fingerprint density at radius 2 is 1.69 bits per heavy atom. The molecule has 0 aromatic heterocycles. The maximum atomic E-state index is 11.2. The van der Waals surface area contributed by atoms with Crippen molar-refractivity contribution in [2.45, 2.75) is 13.3 Å². The van der Waals surface area contributed by atoms with Crippen LogP contribution in [-0.2, 0) is 0 Å². The van der Waals surface area contributed by atoms with Crippen LogP contribution in [0.5, 0.6) is 0 Å². The van der Waals surface area contributed by atoms with Gasteiger partial charge < -0.3 is 10.6 Å². The number of hydrogen-bond donors (Lipinski definition) is 1. The van der Waals surface area contributed by atoms with Gasteiger partial charge in [-0.15, -0.1) is 0 Å². The molecule has 1 aromatic carbocycles. The molecule has 16 heavy (non-hydrogen) atoms. The molecule has 0 spiro atoms. The lowest BCUT2D eigenvalue weighted by Crippen LogP contribution is -2.36. The first-order valence-corrected chi connectivity index (χ1v) is 5.40. The van der Waals surface area contributed by atoms with Crippen molar-refractivity contribution < 1.29 is 4.79 Å². The van der Waals surface area contributed by atoms with Crippen LogP contribution in [0.2, 0.25) is 0 Å². The Morgan fingerprint density at radius 1 is 1.19 bits per heavy atom. The molecule has 0 saturated heterocycles. The third-order valence-corrected chi connectivity index (χ3v) is 2.39. The summed E-state index contributed by atoms with van der Waals surface area (Å²) < 4.78 is 0. The second-order valence-corrected chi connectivity index (χ2v) is 3.90. The average Bonchev–Trinajstić information content (AvgIpc) is 2.25. The van der Waals surface area contributed by atoms with Gasteiger partial charge in [-0.1, -0.05) is 6.92 Å². The van der Waals surface area contributed by atoms with Crippen molar-refractivity contribution >= 4 is 17.4 Å². The van der Waals surface area contributed by atoms with Crippen molar-refractivity contribution in [3.63, 3.8) is 0 Å². The average molecular weight is 221 g/mol. The number of hydrogen-bond acceptors (Lipinski definition) is 2. The van der Waals surface area contributed by atoms with Crippen LogP contribution in [0.3, 0.4) is 0 Å². The van der Waals surface area contributed by atoms with E-state index in [2.05, 4.69) is 0 Å². The molecule has 0 saturated carbocycles. The molecular formula is C12H19N3O. The third kappa shape index (κ3) is 2.89. The Bertz CT molecular complexity index is 346. The zero-order chi connectivity index (χ0) is 12.1. The maximum Gasteiger partial charge on any atom is 0.319 e. The van der Waals surface area contributed by atoms with Crippen LogP contribution < -0.4 is 15.5 Å². The van der Waals surface area contributed by atoms with Crippen molar-refractivity contribution in [3.05, 3.63) is 24.3 Å². The number of rotatable bonds is 4. The summed E-state index contributed by atoms with van der Waals surface area (Å²) in [5, 5.41) is 0. The van der Waals surface area contributed by atoms with E-state index >= 15 is 0 Å². The van der Waals surface area contributed by atoms with Crippen molar-refractivity contribution in [1.29, 1.82) is 0 Å². The molecule has 2 amide bonds. The fourth-order valence-electron chi connectivity index (χ4n) is 1.52. The first-order chi connectivity index (χ1) is 7.56. The maximum absolute atomic E-state index is 11.2. The van der Waals surface area contributed by atoms with E-state index in [9.17, 15) is 4.79 Å². The van der Waals surface area contributed by atoms with Gasteiger partial charge in [0.2, 0.25) is 0 Å². The van der Waals surface area contributed by atoms with E-state index in [1.54, 1.807) is 4.90 Å². The molecule has 0 bridgehead atoms. The van der Waals surface area contributed by atoms with Crippen LogP contribution in [0, 0.1) is 0 Å². The second-order valence-electron chi connectivity index (χ2n) is 3.90. The standard InChI is InChI=1S/C12H19N3O/c1-4-9-15(12(13)16)11-7-5-10(6-8-11)14(2)3/h5-8H,4,9H2,1-3H3,(H2,13,16). The molecule has 0 unspecified atom stereocenters. The van der Waals surface area contributed by atoms with E-state index in [0.717, 1.165) is 17.8 Å². The van der Waals surface area contributed by atoms with Crippen LogP contribution in [0.4, 0.5) is 16.2 Å². The number of urea groups is 1. The van der Waals surface area contributed by atoms with Gasteiger partial charge in [0.15, 0.2) is 0 Å². The number of anilines is 2. The minimum absolute atomic E-state index is 0.403. The van der Waals surface area contributed by atoms with Gasteiger partial charge in [-0.2, -0.15) is 0 Å². The molecule has 0 fully saturated rings. The summed E-state index contributed by atoms with van der Waals surface area (Å²) in [7, 11) is 3.96. The highest BCUT2D eigenvalue weighted by Gasteiger charge is 2.10. The second kappa shape index (κ2) is 5.39. The molecular weight excluding hydrogens is 202 g/mol. The molecule has 0 heterocycles. The van der Waals surface area contributed by atoms with Gasteiger partial charge in [-0.25, -0.2) is 4.79 Å². The SMILES string of the molecule is CCCN(C(N)=O)c1ccc(N(C)C)cc1. The molecule has 2 N–H and O–H groups in total. The summed E-state index contributed by atoms with van der Waals surface area (Å²) >= 11 is 0. The zero-order valence-corrected chi connectivity index (χ0v) is 10.1. The summed E-state index contributed by atoms with van der Waals surface area (Å²) in [5.74, 6) is 0. The Labute approximate surface area is 96.6 Å². The number of primary amides is 1. The number of carbonyl (C=O) groups excluding carboxylic acids is 1. The van der Waals surface area contributed by atoms with Gasteiger partial charge in [0.25, 0.3) is 0 Å². The fraction of sp³-hybridized carbons (Fsp3) is 0.417. The highest BCUT2D eigenvalue weighted by Crippen LogP contribution is 2.19.